The number of amides is 2. The molecule has 0 aromatic heterocycles. The van der Waals surface area contributed by atoms with Crippen LogP contribution in [0.5, 0.6) is 11.5 Å². The van der Waals surface area contributed by atoms with Crippen LogP contribution in [-0.2, 0) is 9.59 Å². The van der Waals surface area contributed by atoms with Gasteiger partial charge in [-0.1, -0.05) is 49.0 Å². The van der Waals surface area contributed by atoms with Gasteiger partial charge in [0.05, 0.1) is 30.0 Å². The highest BCUT2D eigenvalue weighted by molar-refractivity contribution is 6.42. The van der Waals surface area contributed by atoms with E-state index in [0.29, 0.717) is 39.4 Å². The summed E-state index contributed by atoms with van der Waals surface area (Å²) in [7, 11) is 1.56. The molecule has 166 valence electrons. The fourth-order valence-corrected chi connectivity index (χ4v) is 2.91. The SMILES string of the molecule is CCCCCOc1c(C=NNC(=O)CC(=O)Nc2ccc(Cl)c(Cl)c2)cccc1OC. The lowest BCUT2D eigenvalue weighted by Crippen LogP contribution is -2.24. The van der Waals surface area contributed by atoms with Crippen molar-refractivity contribution in [2.45, 2.75) is 32.6 Å². The maximum Gasteiger partial charge on any atom is 0.249 e. The number of carbonyl (C=O) groups excluding carboxylic acids is 2. The number of nitrogens with one attached hydrogen (secondary N) is 2. The molecule has 2 amide bonds. The summed E-state index contributed by atoms with van der Waals surface area (Å²) < 4.78 is 11.2. The van der Waals surface area contributed by atoms with Crippen LogP contribution in [0.3, 0.4) is 0 Å². The van der Waals surface area contributed by atoms with Crippen LogP contribution < -0.4 is 20.2 Å². The van der Waals surface area contributed by atoms with Crippen molar-refractivity contribution in [3.05, 3.63) is 52.0 Å². The summed E-state index contributed by atoms with van der Waals surface area (Å²) in [5, 5.41) is 7.18. The van der Waals surface area contributed by atoms with Gasteiger partial charge in [0.25, 0.3) is 0 Å². The Labute approximate surface area is 191 Å². The number of halogens is 2. The highest BCUT2D eigenvalue weighted by Gasteiger charge is 2.11. The number of hydrazone groups is 1. The van der Waals surface area contributed by atoms with Gasteiger partial charge in [-0.25, -0.2) is 5.43 Å². The standard InChI is InChI=1S/C22H25Cl2N3O4/c1-3-4-5-11-31-22-15(7-6-8-19(22)30-2)14-25-27-21(29)13-20(28)26-16-9-10-17(23)18(24)12-16/h6-10,12,14H,3-5,11,13H2,1-2H3,(H,26,28)(H,27,29). The topological polar surface area (TPSA) is 89.0 Å². The zero-order chi connectivity index (χ0) is 22.6. The largest absolute Gasteiger partial charge is 0.493 e. The molecule has 0 saturated carbocycles. The number of para-hydroxylation sites is 1. The second kappa shape index (κ2) is 12.8. The fourth-order valence-electron chi connectivity index (χ4n) is 2.61. The van der Waals surface area contributed by atoms with Crippen molar-refractivity contribution in [2.75, 3.05) is 19.0 Å². The maximum atomic E-state index is 12.0. The van der Waals surface area contributed by atoms with E-state index in [-0.39, 0.29) is 0 Å². The minimum absolute atomic E-state index is 0.305. The number of anilines is 1. The molecule has 7 nitrogen and oxygen atoms in total. The summed E-state index contributed by atoms with van der Waals surface area (Å²) in [6.45, 7) is 2.67. The van der Waals surface area contributed by atoms with Gasteiger partial charge in [-0.3, -0.25) is 9.59 Å². The van der Waals surface area contributed by atoms with Gasteiger partial charge in [-0.2, -0.15) is 5.10 Å². The van der Waals surface area contributed by atoms with Gasteiger partial charge in [0.1, 0.15) is 6.42 Å². The average molecular weight is 466 g/mol. The molecule has 0 aliphatic heterocycles. The van der Waals surface area contributed by atoms with Crippen LogP contribution in [-0.4, -0.2) is 31.7 Å². The molecule has 9 heteroatoms. The molecule has 0 saturated heterocycles. The van der Waals surface area contributed by atoms with Crippen molar-refractivity contribution in [3.8, 4) is 11.5 Å². The van der Waals surface area contributed by atoms with Crippen molar-refractivity contribution in [1.29, 1.82) is 0 Å². The van der Waals surface area contributed by atoms with E-state index in [1.165, 1.54) is 12.3 Å². The Balaban J connectivity index is 1.92. The van der Waals surface area contributed by atoms with Gasteiger partial charge in [-0.15, -0.1) is 0 Å². The number of ether oxygens (including phenoxy) is 2. The van der Waals surface area contributed by atoms with E-state index in [1.54, 1.807) is 37.4 Å². The van der Waals surface area contributed by atoms with Crippen LogP contribution in [0.15, 0.2) is 41.5 Å². The predicted octanol–water partition coefficient (Wildman–Crippen LogP) is 5.05. The minimum Gasteiger partial charge on any atom is -0.493 e. The van der Waals surface area contributed by atoms with Crippen molar-refractivity contribution in [1.82, 2.24) is 5.43 Å². The van der Waals surface area contributed by atoms with E-state index in [1.807, 2.05) is 0 Å². The number of unbranched alkanes of at least 4 members (excludes halogenated alkanes) is 2. The molecule has 0 atom stereocenters. The molecule has 0 bridgehead atoms. The van der Waals surface area contributed by atoms with Crippen LogP contribution in [0, 0.1) is 0 Å². The Bertz CT molecular complexity index is 935. The van der Waals surface area contributed by atoms with Crippen LogP contribution in [0.25, 0.3) is 0 Å². The van der Waals surface area contributed by atoms with Crippen molar-refractivity contribution < 1.29 is 19.1 Å². The average Bonchev–Trinajstić information content (AvgIpc) is 2.74. The molecule has 0 spiro atoms. The third kappa shape index (κ3) is 8.11. The lowest BCUT2D eigenvalue weighted by atomic mass is 10.2. The number of carbonyl (C=O) groups is 2. The summed E-state index contributed by atoms with van der Waals surface area (Å²) in [6, 6.07) is 10.0. The number of benzene rings is 2. The van der Waals surface area contributed by atoms with Gasteiger partial charge >= 0.3 is 0 Å². The van der Waals surface area contributed by atoms with E-state index in [4.69, 9.17) is 32.7 Å². The quantitative estimate of drug-likeness (QED) is 0.210. The fraction of sp³-hybridized carbons (Fsp3) is 0.318. The highest BCUT2D eigenvalue weighted by atomic mass is 35.5. The lowest BCUT2D eigenvalue weighted by Gasteiger charge is -2.13. The number of methoxy groups -OCH3 is 1. The molecule has 2 rings (SSSR count). The third-order valence-corrected chi connectivity index (χ3v) is 4.88. The van der Waals surface area contributed by atoms with E-state index < -0.39 is 18.2 Å². The van der Waals surface area contributed by atoms with Crippen molar-refractivity contribution in [3.63, 3.8) is 0 Å². The molecule has 2 N–H and O–H groups in total. The van der Waals surface area contributed by atoms with Crippen LogP contribution in [0.2, 0.25) is 10.0 Å². The minimum atomic E-state index is -0.567. The Morgan fingerprint density at radius 1 is 1.10 bits per heavy atom. The first kappa shape index (κ1) is 24.5. The van der Waals surface area contributed by atoms with Gasteiger partial charge in [0, 0.05) is 11.3 Å². The van der Waals surface area contributed by atoms with Crippen LogP contribution in [0.1, 0.15) is 38.2 Å². The molecule has 0 heterocycles. The molecule has 2 aromatic carbocycles. The second-order valence-electron chi connectivity index (χ2n) is 6.58. The van der Waals surface area contributed by atoms with Gasteiger partial charge in [0.15, 0.2) is 11.5 Å². The molecular formula is C22H25Cl2N3O4. The molecule has 31 heavy (non-hydrogen) atoms. The molecule has 0 radical (unpaired) electrons. The molecule has 0 unspecified atom stereocenters. The second-order valence-corrected chi connectivity index (χ2v) is 7.40. The summed E-state index contributed by atoms with van der Waals surface area (Å²) in [5.41, 5.74) is 3.43. The molecule has 0 fully saturated rings. The summed E-state index contributed by atoms with van der Waals surface area (Å²) in [6.07, 6.45) is 4.13. The predicted molar refractivity (Wildman–Crippen MR) is 123 cm³/mol. The molecular weight excluding hydrogens is 441 g/mol. The Kier molecular flexibility index (Phi) is 10.1. The normalized spacial score (nSPS) is 10.7. The zero-order valence-electron chi connectivity index (χ0n) is 17.4. The van der Waals surface area contributed by atoms with Gasteiger partial charge in [0.2, 0.25) is 11.8 Å². The smallest absolute Gasteiger partial charge is 0.249 e. The Hall–Kier alpha value is -2.77. The van der Waals surface area contributed by atoms with Crippen molar-refractivity contribution >= 4 is 46.9 Å². The van der Waals surface area contributed by atoms with E-state index in [0.717, 1.165) is 19.3 Å². The highest BCUT2D eigenvalue weighted by Crippen LogP contribution is 2.30. The summed E-state index contributed by atoms with van der Waals surface area (Å²) >= 11 is 11.8. The van der Waals surface area contributed by atoms with Crippen molar-refractivity contribution in [2.24, 2.45) is 5.10 Å². The third-order valence-electron chi connectivity index (χ3n) is 4.14. The summed E-state index contributed by atoms with van der Waals surface area (Å²) in [4.78, 5) is 24.0. The first-order valence-electron chi connectivity index (χ1n) is 9.81. The number of hydrogen-bond acceptors (Lipinski definition) is 5. The van der Waals surface area contributed by atoms with Crippen LogP contribution >= 0.6 is 23.2 Å². The van der Waals surface area contributed by atoms with Crippen LogP contribution in [0.4, 0.5) is 5.69 Å². The van der Waals surface area contributed by atoms with Gasteiger partial charge in [-0.05, 0) is 36.8 Å². The molecule has 0 aliphatic rings. The first-order chi connectivity index (χ1) is 14.9. The monoisotopic (exact) mass is 465 g/mol. The van der Waals surface area contributed by atoms with E-state index in [9.17, 15) is 9.59 Å². The zero-order valence-corrected chi connectivity index (χ0v) is 18.9. The molecule has 0 aliphatic carbocycles. The van der Waals surface area contributed by atoms with E-state index >= 15 is 0 Å². The van der Waals surface area contributed by atoms with Gasteiger partial charge < -0.3 is 14.8 Å². The maximum absolute atomic E-state index is 12.0. The first-order valence-corrected chi connectivity index (χ1v) is 10.6. The van der Waals surface area contributed by atoms with E-state index in [2.05, 4.69) is 22.8 Å². The number of hydrogen-bond donors (Lipinski definition) is 2. The summed E-state index contributed by atoms with van der Waals surface area (Å²) in [5.74, 6) is 0.0544. The lowest BCUT2D eigenvalue weighted by molar-refractivity contribution is -0.126. The Morgan fingerprint density at radius 2 is 1.90 bits per heavy atom. The molecule has 2 aromatic rings. The Morgan fingerprint density at radius 3 is 2.61 bits per heavy atom. The number of nitrogens with zero attached hydrogens (tertiary/aromatic N) is 1. The number of rotatable bonds is 11.